The minimum atomic E-state index is -3.43. The number of nitrogens with zero attached hydrogens (tertiary/aromatic N) is 2. The van der Waals surface area contributed by atoms with E-state index in [1.807, 2.05) is 35.2 Å². The van der Waals surface area contributed by atoms with Gasteiger partial charge in [0.15, 0.2) is 0 Å². The lowest BCUT2D eigenvalue weighted by molar-refractivity contribution is -0.136. The number of piperidine rings is 1. The zero-order chi connectivity index (χ0) is 18.4. The summed E-state index contributed by atoms with van der Waals surface area (Å²) in [5.41, 5.74) is 0.863. The number of amides is 1. The van der Waals surface area contributed by atoms with Gasteiger partial charge in [0.2, 0.25) is 15.9 Å². The van der Waals surface area contributed by atoms with E-state index in [1.165, 1.54) is 22.6 Å². The van der Waals surface area contributed by atoms with Crippen LogP contribution in [0.2, 0.25) is 0 Å². The van der Waals surface area contributed by atoms with Gasteiger partial charge in [-0.25, -0.2) is 8.42 Å². The fourth-order valence-corrected chi connectivity index (χ4v) is 4.94. The van der Waals surface area contributed by atoms with Gasteiger partial charge >= 0.3 is 0 Å². The van der Waals surface area contributed by atoms with Gasteiger partial charge in [-0.2, -0.15) is 4.31 Å². The van der Waals surface area contributed by atoms with Crippen molar-refractivity contribution in [2.45, 2.75) is 38.5 Å². The number of hydrogen-bond donors (Lipinski definition) is 0. The smallest absolute Gasteiger partial charge is 0.236 e. The number of likely N-dealkylation sites (tertiary alicyclic amines) is 1. The second-order valence-electron chi connectivity index (χ2n) is 7.17. The first kappa shape index (κ1) is 19.1. The van der Waals surface area contributed by atoms with Crippen molar-refractivity contribution in [2.24, 2.45) is 5.92 Å². The Balaban J connectivity index is 1.55. The van der Waals surface area contributed by atoms with E-state index in [-0.39, 0.29) is 11.8 Å². The normalized spacial score (nSPS) is 21.0. The molecule has 1 amide bonds. The number of benzene rings is 1. The number of rotatable bonds is 4. The van der Waals surface area contributed by atoms with Gasteiger partial charge in [0.1, 0.15) is 0 Å². The van der Waals surface area contributed by atoms with Crippen LogP contribution < -0.4 is 0 Å². The van der Waals surface area contributed by atoms with Gasteiger partial charge in [0, 0.05) is 37.5 Å². The van der Waals surface area contributed by atoms with Gasteiger partial charge in [-0.3, -0.25) is 4.79 Å². The predicted molar refractivity (Wildman–Crippen MR) is 104 cm³/mol. The summed E-state index contributed by atoms with van der Waals surface area (Å²) in [4.78, 5) is 14.7. The Morgan fingerprint density at radius 1 is 0.923 bits per heavy atom. The van der Waals surface area contributed by atoms with Crippen LogP contribution in [0, 0.1) is 5.92 Å². The quantitative estimate of drug-likeness (QED) is 0.811. The van der Waals surface area contributed by atoms with Crippen molar-refractivity contribution >= 4 is 22.0 Å². The molecule has 0 aromatic heterocycles. The molecule has 0 unspecified atom stereocenters. The summed E-state index contributed by atoms with van der Waals surface area (Å²) in [6.07, 6.45) is 7.44. The fourth-order valence-electron chi connectivity index (χ4n) is 3.72. The molecule has 2 heterocycles. The molecule has 1 aromatic carbocycles. The highest BCUT2D eigenvalue weighted by atomic mass is 32.2. The van der Waals surface area contributed by atoms with Crippen LogP contribution >= 0.6 is 0 Å². The molecule has 0 spiro atoms. The summed E-state index contributed by atoms with van der Waals surface area (Å²) < 4.78 is 26.6. The Morgan fingerprint density at radius 2 is 1.54 bits per heavy atom. The fraction of sp³-hybridized carbons (Fsp3) is 0.550. The molecule has 0 saturated carbocycles. The topological polar surface area (TPSA) is 57.7 Å². The van der Waals surface area contributed by atoms with Crippen molar-refractivity contribution in [1.82, 2.24) is 9.21 Å². The first-order valence-corrected chi connectivity index (χ1v) is 11.1. The van der Waals surface area contributed by atoms with Crippen LogP contribution in [0.3, 0.4) is 0 Å². The predicted octanol–water partition coefficient (Wildman–Crippen LogP) is 3.10. The molecule has 0 bridgehead atoms. The molecule has 1 aromatic rings. The second kappa shape index (κ2) is 8.82. The van der Waals surface area contributed by atoms with Gasteiger partial charge < -0.3 is 4.90 Å². The van der Waals surface area contributed by atoms with Crippen molar-refractivity contribution in [3.8, 4) is 0 Å². The number of hydrogen-bond acceptors (Lipinski definition) is 3. The van der Waals surface area contributed by atoms with Gasteiger partial charge in [-0.15, -0.1) is 0 Å². The summed E-state index contributed by atoms with van der Waals surface area (Å²) >= 11 is 0. The van der Waals surface area contributed by atoms with Crippen molar-refractivity contribution in [3.05, 3.63) is 41.3 Å². The third kappa shape index (κ3) is 4.95. The van der Waals surface area contributed by atoms with Crippen LogP contribution in [0.5, 0.6) is 0 Å². The minimum Gasteiger partial charge on any atom is -0.342 e. The SMILES string of the molecule is O=C(C1CCN(S(=O)(=O)C=Cc2ccccc2)CC1)N1CCCCCC1. The summed E-state index contributed by atoms with van der Waals surface area (Å²) in [6.45, 7) is 2.56. The summed E-state index contributed by atoms with van der Waals surface area (Å²) in [7, 11) is -3.43. The van der Waals surface area contributed by atoms with Crippen LogP contribution in [0.15, 0.2) is 35.7 Å². The Bertz CT molecular complexity index is 715. The van der Waals surface area contributed by atoms with E-state index < -0.39 is 10.0 Å². The molecule has 0 radical (unpaired) electrons. The standard InChI is InChI=1S/C20H28N2O3S/c23-20(21-13-6-1-2-7-14-21)19-10-15-22(16-11-19)26(24,25)17-12-18-8-4-3-5-9-18/h3-5,8-9,12,17,19H,1-2,6-7,10-11,13-16H2. The molecule has 142 valence electrons. The molecule has 2 aliphatic heterocycles. The molecular formula is C20H28N2O3S. The molecule has 0 atom stereocenters. The van der Waals surface area contributed by atoms with E-state index >= 15 is 0 Å². The average Bonchev–Trinajstić information content (AvgIpc) is 2.96. The summed E-state index contributed by atoms with van der Waals surface area (Å²) in [5.74, 6) is 0.196. The molecule has 5 nitrogen and oxygen atoms in total. The second-order valence-corrected chi connectivity index (χ2v) is 8.99. The van der Waals surface area contributed by atoms with Gasteiger partial charge in [-0.05, 0) is 37.3 Å². The zero-order valence-electron chi connectivity index (χ0n) is 15.2. The van der Waals surface area contributed by atoms with Crippen molar-refractivity contribution in [2.75, 3.05) is 26.2 Å². The average molecular weight is 377 g/mol. The molecule has 2 saturated heterocycles. The molecular weight excluding hydrogens is 348 g/mol. The van der Waals surface area contributed by atoms with E-state index in [1.54, 1.807) is 6.08 Å². The van der Waals surface area contributed by atoms with Crippen molar-refractivity contribution in [1.29, 1.82) is 0 Å². The molecule has 0 N–H and O–H groups in total. The summed E-state index contributed by atoms with van der Waals surface area (Å²) in [5, 5.41) is 1.28. The lowest BCUT2D eigenvalue weighted by Gasteiger charge is -2.32. The van der Waals surface area contributed by atoms with Crippen molar-refractivity contribution in [3.63, 3.8) is 0 Å². The minimum absolute atomic E-state index is 0.0300. The molecule has 2 fully saturated rings. The molecule has 6 heteroatoms. The third-order valence-electron chi connectivity index (χ3n) is 5.31. The lowest BCUT2D eigenvalue weighted by atomic mass is 9.96. The lowest BCUT2D eigenvalue weighted by Crippen LogP contribution is -2.44. The molecule has 3 rings (SSSR count). The van der Waals surface area contributed by atoms with Gasteiger partial charge in [0.25, 0.3) is 0 Å². The summed E-state index contributed by atoms with van der Waals surface area (Å²) in [6, 6.07) is 9.41. The highest BCUT2D eigenvalue weighted by molar-refractivity contribution is 7.92. The first-order valence-electron chi connectivity index (χ1n) is 9.58. The van der Waals surface area contributed by atoms with E-state index in [0.717, 1.165) is 31.5 Å². The maximum atomic E-state index is 12.7. The molecule has 2 aliphatic rings. The Kier molecular flexibility index (Phi) is 6.48. The number of sulfonamides is 1. The third-order valence-corrected chi connectivity index (χ3v) is 6.88. The van der Waals surface area contributed by atoms with Crippen LogP contribution in [0.25, 0.3) is 6.08 Å². The maximum absolute atomic E-state index is 12.7. The number of carbonyl (C=O) groups is 1. The Labute approximate surface area is 156 Å². The van der Waals surface area contributed by atoms with E-state index in [0.29, 0.717) is 25.9 Å². The van der Waals surface area contributed by atoms with Crippen LogP contribution in [-0.4, -0.2) is 49.7 Å². The number of carbonyl (C=O) groups excluding carboxylic acids is 1. The highest BCUT2D eigenvalue weighted by Gasteiger charge is 2.32. The van der Waals surface area contributed by atoms with E-state index in [2.05, 4.69) is 0 Å². The monoisotopic (exact) mass is 376 g/mol. The molecule has 0 aliphatic carbocycles. The van der Waals surface area contributed by atoms with Crippen LogP contribution in [-0.2, 0) is 14.8 Å². The maximum Gasteiger partial charge on any atom is 0.236 e. The van der Waals surface area contributed by atoms with Gasteiger partial charge in [-0.1, -0.05) is 43.2 Å². The molecule has 26 heavy (non-hydrogen) atoms. The zero-order valence-corrected chi connectivity index (χ0v) is 16.0. The largest absolute Gasteiger partial charge is 0.342 e. The van der Waals surface area contributed by atoms with E-state index in [9.17, 15) is 13.2 Å². The Hall–Kier alpha value is -1.66. The van der Waals surface area contributed by atoms with Crippen LogP contribution in [0.1, 0.15) is 44.1 Å². The Morgan fingerprint density at radius 3 is 2.15 bits per heavy atom. The highest BCUT2D eigenvalue weighted by Crippen LogP contribution is 2.24. The first-order chi connectivity index (χ1) is 12.6. The van der Waals surface area contributed by atoms with Crippen molar-refractivity contribution < 1.29 is 13.2 Å². The van der Waals surface area contributed by atoms with E-state index in [4.69, 9.17) is 0 Å². The van der Waals surface area contributed by atoms with Gasteiger partial charge in [0.05, 0.1) is 0 Å². The van der Waals surface area contributed by atoms with Crippen LogP contribution in [0.4, 0.5) is 0 Å².